The third kappa shape index (κ3) is 2.54. The summed E-state index contributed by atoms with van der Waals surface area (Å²) in [5.41, 5.74) is 0.484. The Balaban J connectivity index is 1.93. The Morgan fingerprint density at radius 3 is 2.68 bits per heavy atom. The molecule has 7 nitrogen and oxygen atoms in total. The zero-order valence-electron chi connectivity index (χ0n) is 12.5. The van der Waals surface area contributed by atoms with Gasteiger partial charge in [-0.2, -0.15) is 5.10 Å². The fourth-order valence-corrected chi connectivity index (χ4v) is 4.42. The number of aryl methyl sites for hydroxylation is 1. The highest BCUT2D eigenvalue weighted by Crippen LogP contribution is 2.35. The zero-order valence-corrected chi connectivity index (χ0v) is 14.1. The van der Waals surface area contributed by atoms with Crippen LogP contribution in [0.15, 0.2) is 11.4 Å². The number of nitrogens with zero attached hydrogens (tertiary/aromatic N) is 5. The van der Waals surface area contributed by atoms with Crippen molar-refractivity contribution in [1.82, 2.24) is 24.5 Å². The van der Waals surface area contributed by atoms with E-state index in [1.807, 2.05) is 6.92 Å². The van der Waals surface area contributed by atoms with E-state index in [-0.39, 0.29) is 10.9 Å². The number of aromatic nitrogens is 5. The molecule has 2 aromatic heterocycles. The largest absolute Gasteiger partial charge is 0.305 e. The molecule has 0 aromatic carbocycles. The molecule has 0 N–H and O–H groups in total. The van der Waals surface area contributed by atoms with Crippen molar-refractivity contribution < 1.29 is 8.42 Å². The predicted molar refractivity (Wildman–Crippen MR) is 81.4 cm³/mol. The SMILES string of the molecule is CCn1ncc(Cl)c1CS(=O)(=O)c1nnc(C2CCC2)n1C. The van der Waals surface area contributed by atoms with E-state index in [1.165, 1.54) is 6.20 Å². The van der Waals surface area contributed by atoms with E-state index in [4.69, 9.17) is 11.6 Å². The van der Waals surface area contributed by atoms with Gasteiger partial charge in [-0.25, -0.2) is 8.42 Å². The molecule has 22 heavy (non-hydrogen) atoms. The van der Waals surface area contributed by atoms with E-state index in [9.17, 15) is 8.42 Å². The molecule has 0 radical (unpaired) electrons. The van der Waals surface area contributed by atoms with Gasteiger partial charge < -0.3 is 4.57 Å². The third-order valence-electron chi connectivity index (χ3n) is 4.14. The van der Waals surface area contributed by atoms with Crippen LogP contribution < -0.4 is 0 Å². The van der Waals surface area contributed by atoms with Gasteiger partial charge in [-0.3, -0.25) is 4.68 Å². The molecule has 1 saturated carbocycles. The molecule has 1 aliphatic rings. The second-order valence-corrected chi connectivity index (χ2v) is 7.83. The molecule has 2 heterocycles. The summed E-state index contributed by atoms with van der Waals surface area (Å²) < 4.78 is 28.5. The minimum Gasteiger partial charge on any atom is -0.305 e. The predicted octanol–water partition coefficient (Wildman–Crippen LogP) is 1.93. The first-order chi connectivity index (χ1) is 10.4. The Kier molecular flexibility index (Phi) is 3.98. The standard InChI is InChI=1S/C13H18ClN5O2S/c1-3-19-11(10(14)7-15-19)8-22(20,21)13-17-16-12(18(13)2)9-5-4-6-9/h7,9H,3-6,8H2,1-2H3. The number of sulfone groups is 1. The van der Waals surface area contributed by atoms with Crippen LogP contribution >= 0.6 is 11.6 Å². The molecule has 0 saturated heterocycles. The first kappa shape index (κ1) is 15.5. The molecule has 0 atom stereocenters. The first-order valence-corrected chi connectivity index (χ1v) is 9.29. The summed E-state index contributed by atoms with van der Waals surface area (Å²) in [5.74, 6) is 0.849. The second kappa shape index (κ2) is 5.66. The number of hydrogen-bond donors (Lipinski definition) is 0. The Bertz CT molecular complexity index is 791. The van der Waals surface area contributed by atoms with Crippen molar-refractivity contribution in [2.45, 2.75) is 49.6 Å². The molecule has 0 amide bonds. The van der Waals surface area contributed by atoms with Gasteiger partial charge in [0.1, 0.15) is 11.6 Å². The normalized spacial score (nSPS) is 16.0. The van der Waals surface area contributed by atoms with Gasteiger partial charge in [0.05, 0.1) is 16.9 Å². The summed E-state index contributed by atoms with van der Waals surface area (Å²) in [7, 11) is -1.91. The quantitative estimate of drug-likeness (QED) is 0.828. The highest BCUT2D eigenvalue weighted by molar-refractivity contribution is 7.90. The van der Waals surface area contributed by atoms with E-state index in [0.29, 0.717) is 23.2 Å². The lowest BCUT2D eigenvalue weighted by Crippen LogP contribution is -2.18. The van der Waals surface area contributed by atoms with Crippen LogP contribution in [0.25, 0.3) is 0 Å². The molecule has 0 bridgehead atoms. The van der Waals surface area contributed by atoms with Crippen LogP contribution in [0.3, 0.4) is 0 Å². The van der Waals surface area contributed by atoms with Crippen molar-refractivity contribution in [3.8, 4) is 0 Å². The molecular formula is C13H18ClN5O2S. The van der Waals surface area contributed by atoms with E-state index >= 15 is 0 Å². The molecule has 2 aromatic rings. The Morgan fingerprint density at radius 1 is 1.36 bits per heavy atom. The molecule has 0 unspecified atom stereocenters. The highest BCUT2D eigenvalue weighted by atomic mass is 35.5. The maximum atomic E-state index is 12.7. The summed E-state index contributed by atoms with van der Waals surface area (Å²) in [5, 5.41) is 12.4. The average molecular weight is 344 g/mol. The molecule has 0 aliphatic heterocycles. The number of halogens is 1. The average Bonchev–Trinajstić information content (AvgIpc) is 2.94. The molecule has 0 spiro atoms. The van der Waals surface area contributed by atoms with Gasteiger partial charge in [-0.05, 0) is 19.8 Å². The monoisotopic (exact) mass is 343 g/mol. The Labute approximate surface area is 134 Å². The highest BCUT2D eigenvalue weighted by Gasteiger charge is 2.30. The minimum atomic E-state index is -3.62. The van der Waals surface area contributed by atoms with Crippen molar-refractivity contribution in [3.63, 3.8) is 0 Å². The summed E-state index contributed by atoms with van der Waals surface area (Å²) in [4.78, 5) is 0. The fourth-order valence-electron chi connectivity index (χ4n) is 2.67. The number of rotatable bonds is 5. The lowest BCUT2D eigenvalue weighted by Gasteiger charge is -2.23. The van der Waals surface area contributed by atoms with Crippen LogP contribution in [-0.2, 0) is 29.2 Å². The molecular weight excluding hydrogens is 326 g/mol. The summed E-state index contributed by atoms with van der Waals surface area (Å²) in [6, 6.07) is 0. The maximum Gasteiger partial charge on any atom is 0.249 e. The summed E-state index contributed by atoms with van der Waals surface area (Å²) in [6.07, 6.45) is 4.71. The van der Waals surface area contributed by atoms with Gasteiger partial charge in [0.25, 0.3) is 0 Å². The van der Waals surface area contributed by atoms with E-state index in [1.54, 1.807) is 16.3 Å². The Morgan fingerprint density at radius 2 is 2.09 bits per heavy atom. The lowest BCUT2D eigenvalue weighted by atomic mass is 9.85. The van der Waals surface area contributed by atoms with Crippen LogP contribution in [0.2, 0.25) is 5.02 Å². The molecule has 120 valence electrons. The van der Waals surface area contributed by atoms with Gasteiger partial charge in [-0.1, -0.05) is 18.0 Å². The van der Waals surface area contributed by atoms with Crippen LogP contribution in [0, 0.1) is 0 Å². The summed E-state index contributed by atoms with van der Waals surface area (Å²) >= 11 is 6.05. The van der Waals surface area contributed by atoms with Gasteiger partial charge in [0, 0.05) is 19.5 Å². The van der Waals surface area contributed by atoms with Gasteiger partial charge >= 0.3 is 0 Å². The number of hydrogen-bond acceptors (Lipinski definition) is 5. The smallest absolute Gasteiger partial charge is 0.249 e. The topological polar surface area (TPSA) is 82.7 Å². The second-order valence-electron chi connectivity index (χ2n) is 5.54. The van der Waals surface area contributed by atoms with E-state index in [0.717, 1.165) is 25.1 Å². The van der Waals surface area contributed by atoms with Crippen LogP contribution in [0.4, 0.5) is 0 Å². The molecule has 3 rings (SSSR count). The van der Waals surface area contributed by atoms with E-state index < -0.39 is 9.84 Å². The molecule has 9 heteroatoms. The summed E-state index contributed by atoms with van der Waals surface area (Å²) in [6.45, 7) is 2.44. The van der Waals surface area contributed by atoms with Gasteiger partial charge in [0.2, 0.25) is 15.0 Å². The first-order valence-electron chi connectivity index (χ1n) is 7.26. The molecule has 1 fully saturated rings. The van der Waals surface area contributed by atoms with Crippen LogP contribution in [0.5, 0.6) is 0 Å². The third-order valence-corrected chi connectivity index (χ3v) is 6.02. The van der Waals surface area contributed by atoms with Gasteiger partial charge in [-0.15, -0.1) is 10.2 Å². The van der Waals surface area contributed by atoms with Crippen molar-refractivity contribution in [1.29, 1.82) is 0 Å². The molecule has 1 aliphatic carbocycles. The van der Waals surface area contributed by atoms with Crippen LogP contribution in [0.1, 0.15) is 43.6 Å². The van der Waals surface area contributed by atoms with Crippen molar-refractivity contribution in [3.05, 3.63) is 22.7 Å². The van der Waals surface area contributed by atoms with E-state index in [2.05, 4.69) is 15.3 Å². The maximum absolute atomic E-state index is 12.7. The van der Waals surface area contributed by atoms with Crippen molar-refractivity contribution in [2.75, 3.05) is 0 Å². The zero-order chi connectivity index (χ0) is 15.9. The lowest BCUT2D eigenvalue weighted by molar-refractivity contribution is 0.389. The van der Waals surface area contributed by atoms with Gasteiger partial charge in [0.15, 0.2) is 0 Å². The Hall–Kier alpha value is -1.41. The van der Waals surface area contributed by atoms with Crippen molar-refractivity contribution >= 4 is 21.4 Å². The van der Waals surface area contributed by atoms with Crippen LogP contribution in [-0.4, -0.2) is 33.0 Å². The minimum absolute atomic E-state index is 0.00526. The van der Waals surface area contributed by atoms with Crippen molar-refractivity contribution in [2.24, 2.45) is 7.05 Å². The fraction of sp³-hybridized carbons (Fsp3) is 0.615.